The summed E-state index contributed by atoms with van der Waals surface area (Å²) in [6.07, 6.45) is 3.60. The molecule has 0 unspecified atom stereocenters. The number of aromatic nitrogens is 4. The summed E-state index contributed by atoms with van der Waals surface area (Å²) < 4.78 is 15.2. The van der Waals surface area contributed by atoms with Crippen LogP contribution in [0.2, 0.25) is 0 Å². The van der Waals surface area contributed by atoms with Crippen LogP contribution in [0.1, 0.15) is 28.0 Å². The molecule has 1 aliphatic rings. The zero-order chi connectivity index (χ0) is 22.8. The Hall–Kier alpha value is -3.91. The number of amides is 1. The maximum absolute atomic E-state index is 13.4. The zero-order valence-electron chi connectivity index (χ0n) is 17.8. The van der Waals surface area contributed by atoms with Gasteiger partial charge in [-0.25, -0.2) is 19.0 Å². The molecule has 166 valence electrons. The second-order valence-electron chi connectivity index (χ2n) is 7.83. The zero-order valence-corrected chi connectivity index (χ0v) is 17.8. The van der Waals surface area contributed by atoms with E-state index >= 15 is 0 Å². The first kappa shape index (κ1) is 21.0. The van der Waals surface area contributed by atoms with Crippen molar-refractivity contribution in [3.8, 4) is 28.5 Å². The molecule has 0 fully saturated rings. The van der Waals surface area contributed by atoms with Gasteiger partial charge in [-0.3, -0.25) is 4.79 Å². The van der Waals surface area contributed by atoms with Crippen molar-refractivity contribution in [2.24, 2.45) is 0 Å². The predicted molar refractivity (Wildman–Crippen MR) is 121 cm³/mol. The number of aryl methyl sites for hydroxylation is 1. The molecule has 7 nitrogen and oxygen atoms in total. The van der Waals surface area contributed by atoms with Gasteiger partial charge in [0.2, 0.25) is 0 Å². The standard InChI is InChI=1S/C25H22FN5O2/c26-18-10-7-16(8-11-18)24-28-15-17-9-12-20-22(25(33)27-13-4-14-32)30-31(23(20)21(17)29-24)19-5-2-1-3-6-19/h1-3,5-8,10-11,15,32H,4,9,12-14H2,(H,27,33). The molecule has 0 atom stereocenters. The van der Waals surface area contributed by atoms with Gasteiger partial charge in [0.15, 0.2) is 11.5 Å². The van der Waals surface area contributed by atoms with E-state index in [-0.39, 0.29) is 18.3 Å². The Labute approximate surface area is 190 Å². The van der Waals surface area contributed by atoms with Crippen LogP contribution in [0.4, 0.5) is 4.39 Å². The molecule has 2 heterocycles. The van der Waals surface area contributed by atoms with E-state index in [2.05, 4.69) is 15.4 Å². The van der Waals surface area contributed by atoms with E-state index in [1.54, 1.807) is 23.0 Å². The molecule has 2 N–H and O–H groups in total. The van der Waals surface area contributed by atoms with Crippen molar-refractivity contribution in [1.29, 1.82) is 0 Å². The molecule has 2 aromatic heterocycles. The third-order valence-corrected chi connectivity index (χ3v) is 5.66. The number of carbonyl (C=O) groups is 1. The molecule has 4 aromatic rings. The van der Waals surface area contributed by atoms with Crippen molar-refractivity contribution < 1.29 is 14.3 Å². The van der Waals surface area contributed by atoms with Gasteiger partial charge in [-0.1, -0.05) is 18.2 Å². The molecule has 0 saturated heterocycles. The topological polar surface area (TPSA) is 92.9 Å². The highest BCUT2D eigenvalue weighted by molar-refractivity contribution is 5.96. The summed E-state index contributed by atoms with van der Waals surface area (Å²) in [5, 5.41) is 16.6. The molecule has 0 bridgehead atoms. The third kappa shape index (κ3) is 4.01. The fraction of sp³-hybridized carbons (Fsp3) is 0.200. The lowest BCUT2D eigenvalue weighted by atomic mass is 9.92. The summed E-state index contributed by atoms with van der Waals surface area (Å²) >= 11 is 0. The number of benzene rings is 2. The molecular formula is C25H22FN5O2. The van der Waals surface area contributed by atoms with E-state index in [0.717, 1.165) is 28.2 Å². The number of aliphatic hydroxyl groups is 1. The van der Waals surface area contributed by atoms with Crippen molar-refractivity contribution in [3.05, 3.63) is 83.4 Å². The van der Waals surface area contributed by atoms with Crippen LogP contribution in [0.3, 0.4) is 0 Å². The summed E-state index contributed by atoms with van der Waals surface area (Å²) in [5.74, 6) is -0.111. The van der Waals surface area contributed by atoms with Crippen LogP contribution in [0, 0.1) is 5.82 Å². The van der Waals surface area contributed by atoms with E-state index in [1.165, 1.54) is 12.1 Å². The van der Waals surface area contributed by atoms with Gasteiger partial charge in [0, 0.05) is 30.5 Å². The van der Waals surface area contributed by atoms with Crippen molar-refractivity contribution in [3.63, 3.8) is 0 Å². The van der Waals surface area contributed by atoms with Gasteiger partial charge < -0.3 is 10.4 Å². The summed E-state index contributed by atoms with van der Waals surface area (Å²) in [5.41, 5.74) is 5.17. The van der Waals surface area contributed by atoms with Crippen LogP contribution >= 0.6 is 0 Å². The number of aliphatic hydroxyl groups excluding tert-OH is 1. The predicted octanol–water partition coefficient (Wildman–Crippen LogP) is 3.35. The number of nitrogens with one attached hydrogen (secondary N) is 1. The average molecular weight is 443 g/mol. The number of fused-ring (bicyclic) bond motifs is 3. The highest BCUT2D eigenvalue weighted by atomic mass is 19.1. The van der Waals surface area contributed by atoms with Crippen LogP contribution < -0.4 is 5.32 Å². The number of para-hydroxylation sites is 1. The second kappa shape index (κ2) is 8.91. The van der Waals surface area contributed by atoms with Gasteiger partial charge in [0.1, 0.15) is 5.82 Å². The van der Waals surface area contributed by atoms with Crippen molar-refractivity contribution in [2.75, 3.05) is 13.2 Å². The number of nitrogens with zero attached hydrogens (tertiary/aromatic N) is 4. The fourth-order valence-corrected chi connectivity index (χ4v) is 4.03. The summed E-state index contributed by atoms with van der Waals surface area (Å²) in [4.78, 5) is 22.3. The number of carbonyl (C=O) groups excluding carboxylic acids is 1. The first-order chi connectivity index (χ1) is 16.2. The number of halogens is 1. The number of hydrogen-bond acceptors (Lipinski definition) is 5. The molecule has 8 heteroatoms. The van der Waals surface area contributed by atoms with Gasteiger partial charge in [-0.2, -0.15) is 5.10 Å². The third-order valence-electron chi connectivity index (χ3n) is 5.66. The van der Waals surface area contributed by atoms with Crippen molar-refractivity contribution >= 4 is 5.91 Å². The first-order valence-corrected chi connectivity index (χ1v) is 10.8. The highest BCUT2D eigenvalue weighted by Gasteiger charge is 2.30. The van der Waals surface area contributed by atoms with E-state index < -0.39 is 0 Å². The van der Waals surface area contributed by atoms with E-state index in [0.29, 0.717) is 42.9 Å². The molecule has 1 amide bonds. The second-order valence-corrected chi connectivity index (χ2v) is 7.83. The summed E-state index contributed by atoms with van der Waals surface area (Å²) in [7, 11) is 0. The van der Waals surface area contributed by atoms with E-state index in [4.69, 9.17) is 10.1 Å². The number of rotatable bonds is 6. The van der Waals surface area contributed by atoms with Crippen LogP contribution in [-0.2, 0) is 12.8 Å². The Morgan fingerprint density at radius 2 is 1.88 bits per heavy atom. The minimum absolute atomic E-state index is 0.00724. The van der Waals surface area contributed by atoms with Gasteiger partial charge in [-0.05, 0) is 61.2 Å². The SMILES string of the molecule is O=C(NCCCO)c1nn(-c2ccccc2)c2c1CCc1cnc(-c3ccc(F)cc3)nc1-2. The quantitative estimate of drug-likeness (QED) is 0.446. The lowest BCUT2D eigenvalue weighted by Gasteiger charge is -2.18. The molecule has 0 spiro atoms. The maximum atomic E-state index is 13.4. The molecular weight excluding hydrogens is 421 g/mol. The minimum Gasteiger partial charge on any atom is -0.396 e. The lowest BCUT2D eigenvalue weighted by Crippen LogP contribution is -2.26. The Bertz CT molecular complexity index is 1300. The molecule has 5 rings (SSSR count). The Morgan fingerprint density at radius 3 is 2.64 bits per heavy atom. The molecule has 1 aliphatic carbocycles. The van der Waals surface area contributed by atoms with Crippen LogP contribution in [0.15, 0.2) is 60.8 Å². The largest absolute Gasteiger partial charge is 0.396 e. The average Bonchev–Trinajstić information content (AvgIpc) is 3.25. The molecule has 2 aromatic carbocycles. The molecule has 0 aliphatic heterocycles. The highest BCUT2D eigenvalue weighted by Crippen LogP contribution is 2.36. The lowest BCUT2D eigenvalue weighted by molar-refractivity contribution is 0.0945. The van der Waals surface area contributed by atoms with E-state index in [9.17, 15) is 9.18 Å². The fourth-order valence-electron chi connectivity index (χ4n) is 4.03. The van der Waals surface area contributed by atoms with Crippen molar-refractivity contribution in [1.82, 2.24) is 25.1 Å². The molecule has 0 radical (unpaired) electrons. The minimum atomic E-state index is -0.321. The molecule has 33 heavy (non-hydrogen) atoms. The summed E-state index contributed by atoms with van der Waals surface area (Å²) in [6.45, 7) is 0.378. The van der Waals surface area contributed by atoms with Gasteiger partial charge >= 0.3 is 0 Å². The van der Waals surface area contributed by atoms with Gasteiger partial charge in [0.25, 0.3) is 5.91 Å². The van der Waals surface area contributed by atoms with Gasteiger partial charge in [0.05, 0.1) is 17.1 Å². The summed E-state index contributed by atoms with van der Waals surface area (Å²) in [6, 6.07) is 15.7. The monoisotopic (exact) mass is 443 g/mol. The first-order valence-electron chi connectivity index (χ1n) is 10.8. The van der Waals surface area contributed by atoms with Crippen LogP contribution in [0.25, 0.3) is 28.5 Å². The molecule has 0 saturated carbocycles. The van der Waals surface area contributed by atoms with Crippen molar-refractivity contribution in [2.45, 2.75) is 19.3 Å². The maximum Gasteiger partial charge on any atom is 0.272 e. The van der Waals surface area contributed by atoms with Crippen LogP contribution in [-0.4, -0.2) is 43.9 Å². The van der Waals surface area contributed by atoms with Crippen LogP contribution in [0.5, 0.6) is 0 Å². The smallest absolute Gasteiger partial charge is 0.272 e. The van der Waals surface area contributed by atoms with Gasteiger partial charge in [-0.15, -0.1) is 0 Å². The van der Waals surface area contributed by atoms with E-state index in [1.807, 2.05) is 30.3 Å². The Kier molecular flexibility index (Phi) is 5.66. The Morgan fingerprint density at radius 1 is 1.09 bits per heavy atom. The normalized spacial score (nSPS) is 12.2. The number of hydrogen-bond donors (Lipinski definition) is 2. The Balaban J connectivity index is 1.65.